The molecular weight excluding hydrogens is 371 g/mol. The molecule has 1 fully saturated rings. The topological polar surface area (TPSA) is 75.3 Å². The highest BCUT2D eigenvalue weighted by Gasteiger charge is 2.30. The van der Waals surface area contributed by atoms with Crippen LogP contribution in [0.5, 0.6) is 0 Å². The van der Waals surface area contributed by atoms with Gasteiger partial charge in [-0.1, -0.05) is 35.4 Å². The molecule has 0 aliphatic heterocycles. The van der Waals surface area contributed by atoms with E-state index in [1.807, 2.05) is 12.2 Å². The van der Waals surface area contributed by atoms with Crippen LogP contribution in [0.3, 0.4) is 0 Å². The minimum Gasteiger partial charge on any atom is -0.346 e. The van der Waals surface area contributed by atoms with Gasteiger partial charge in [-0.05, 0) is 44.2 Å². The molecule has 1 aromatic rings. The third kappa shape index (κ3) is 4.11. The Labute approximate surface area is 151 Å². The second kappa shape index (κ2) is 7.04. The summed E-state index contributed by atoms with van der Waals surface area (Å²) >= 11 is 12.1. The van der Waals surface area contributed by atoms with Gasteiger partial charge in [0.15, 0.2) is 0 Å². The highest BCUT2D eigenvalue weighted by molar-refractivity contribution is 7.89. The maximum absolute atomic E-state index is 12.5. The van der Waals surface area contributed by atoms with Crippen molar-refractivity contribution in [3.63, 3.8) is 0 Å². The van der Waals surface area contributed by atoms with Crippen LogP contribution in [0.2, 0.25) is 10.0 Å². The number of nitrogens with one attached hydrogen (secondary N) is 2. The third-order valence-electron chi connectivity index (χ3n) is 4.03. The lowest BCUT2D eigenvalue weighted by Gasteiger charge is -2.19. The Kier molecular flexibility index (Phi) is 5.20. The number of sulfonamides is 1. The van der Waals surface area contributed by atoms with Gasteiger partial charge in [-0.3, -0.25) is 4.79 Å². The van der Waals surface area contributed by atoms with E-state index in [4.69, 9.17) is 23.2 Å². The number of allylic oxidation sites excluding steroid dienone is 1. The molecule has 1 atom stereocenters. The zero-order chi connectivity index (χ0) is 17.3. The standard InChI is InChI=1S/C16H18Cl2N2O3S/c17-13-9-14(18)15(24(22,23)20-11-6-7-11)8-12(13)16(21)19-10-4-2-1-3-5-10/h2,4,8-11,20H,1,3,5-7H2,(H,19,21)/t10-/m1/s1. The summed E-state index contributed by atoms with van der Waals surface area (Å²) < 4.78 is 27.4. The fourth-order valence-electron chi connectivity index (χ4n) is 2.57. The first-order valence-electron chi connectivity index (χ1n) is 7.86. The molecule has 0 unspecified atom stereocenters. The molecule has 0 radical (unpaired) electrons. The summed E-state index contributed by atoms with van der Waals surface area (Å²) in [4.78, 5) is 12.4. The van der Waals surface area contributed by atoms with E-state index in [0.29, 0.717) is 0 Å². The van der Waals surface area contributed by atoms with Crippen molar-refractivity contribution in [3.8, 4) is 0 Å². The molecule has 1 aromatic carbocycles. The van der Waals surface area contributed by atoms with Crippen molar-refractivity contribution in [2.75, 3.05) is 0 Å². The lowest BCUT2D eigenvalue weighted by atomic mass is 10.0. The molecule has 0 saturated heterocycles. The van der Waals surface area contributed by atoms with E-state index in [2.05, 4.69) is 10.0 Å². The van der Waals surface area contributed by atoms with E-state index in [1.165, 1.54) is 12.1 Å². The van der Waals surface area contributed by atoms with Crippen molar-refractivity contribution in [3.05, 3.63) is 39.9 Å². The Morgan fingerprint density at radius 2 is 1.88 bits per heavy atom. The number of rotatable bonds is 5. The Hall–Kier alpha value is -1.08. The van der Waals surface area contributed by atoms with Gasteiger partial charge >= 0.3 is 0 Å². The van der Waals surface area contributed by atoms with Crippen LogP contribution < -0.4 is 10.0 Å². The van der Waals surface area contributed by atoms with Gasteiger partial charge in [0, 0.05) is 12.1 Å². The predicted octanol–water partition coefficient (Wildman–Crippen LogP) is 3.27. The number of hydrogen-bond donors (Lipinski definition) is 2. The van der Waals surface area contributed by atoms with Gasteiger partial charge in [-0.25, -0.2) is 13.1 Å². The molecule has 0 aromatic heterocycles. The van der Waals surface area contributed by atoms with E-state index >= 15 is 0 Å². The summed E-state index contributed by atoms with van der Waals surface area (Å²) in [6, 6.07) is 2.43. The van der Waals surface area contributed by atoms with E-state index in [9.17, 15) is 13.2 Å². The van der Waals surface area contributed by atoms with Crippen LogP contribution in [0, 0.1) is 0 Å². The Balaban J connectivity index is 1.87. The molecule has 2 aliphatic carbocycles. The van der Waals surface area contributed by atoms with Gasteiger partial charge in [0.1, 0.15) is 4.90 Å². The average molecular weight is 389 g/mol. The summed E-state index contributed by atoms with van der Waals surface area (Å²) in [5.74, 6) is -0.406. The second-order valence-electron chi connectivity index (χ2n) is 6.10. The van der Waals surface area contributed by atoms with Crippen molar-refractivity contribution >= 4 is 39.1 Å². The van der Waals surface area contributed by atoms with E-state index in [1.54, 1.807) is 0 Å². The van der Waals surface area contributed by atoms with E-state index in [-0.39, 0.29) is 32.6 Å². The third-order valence-corrected chi connectivity index (χ3v) is 6.32. The molecule has 0 heterocycles. The number of carbonyl (C=O) groups is 1. The highest BCUT2D eigenvalue weighted by Crippen LogP contribution is 2.30. The molecule has 8 heteroatoms. The SMILES string of the molecule is O=C(N[C@@H]1C=CCCC1)c1cc(S(=O)(=O)NC2CC2)c(Cl)cc1Cl. The van der Waals surface area contributed by atoms with Crippen LogP contribution in [0.25, 0.3) is 0 Å². The van der Waals surface area contributed by atoms with Gasteiger partial charge in [-0.2, -0.15) is 0 Å². The van der Waals surface area contributed by atoms with Crippen LogP contribution >= 0.6 is 23.2 Å². The van der Waals surface area contributed by atoms with Gasteiger partial charge in [0.05, 0.1) is 15.6 Å². The lowest BCUT2D eigenvalue weighted by molar-refractivity contribution is 0.0942. The maximum Gasteiger partial charge on any atom is 0.253 e. The van der Waals surface area contributed by atoms with Gasteiger partial charge < -0.3 is 5.32 Å². The molecule has 3 rings (SSSR count). The molecule has 0 bridgehead atoms. The maximum atomic E-state index is 12.5. The van der Waals surface area contributed by atoms with Crippen molar-refractivity contribution in [1.29, 1.82) is 0 Å². The smallest absolute Gasteiger partial charge is 0.253 e. The van der Waals surface area contributed by atoms with Gasteiger partial charge in [0.25, 0.3) is 5.91 Å². The normalized spacial score (nSPS) is 20.8. The fraction of sp³-hybridized carbons (Fsp3) is 0.438. The number of hydrogen-bond acceptors (Lipinski definition) is 3. The number of benzene rings is 1. The molecular formula is C16H18Cl2N2O3S. The summed E-state index contributed by atoms with van der Waals surface area (Å²) in [6.07, 6.45) is 8.44. The van der Waals surface area contributed by atoms with Crippen molar-refractivity contribution < 1.29 is 13.2 Å². The fourth-order valence-corrected chi connectivity index (χ4v) is 4.74. The molecule has 2 aliphatic rings. The minimum absolute atomic E-state index is 0.00209. The Bertz CT molecular complexity index is 789. The van der Waals surface area contributed by atoms with Crippen LogP contribution in [-0.2, 0) is 10.0 Å². The molecule has 1 saturated carbocycles. The number of amides is 1. The van der Waals surface area contributed by atoms with Gasteiger partial charge in [0.2, 0.25) is 10.0 Å². The highest BCUT2D eigenvalue weighted by atomic mass is 35.5. The minimum atomic E-state index is -3.77. The zero-order valence-electron chi connectivity index (χ0n) is 12.9. The predicted molar refractivity (Wildman–Crippen MR) is 94.1 cm³/mol. The summed E-state index contributed by atoms with van der Waals surface area (Å²) in [6.45, 7) is 0. The lowest BCUT2D eigenvalue weighted by Crippen LogP contribution is -2.34. The molecule has 2 N–H and O–H groups in total. The zero-order valence-corrected chi connectivity index (χ0v) is 15.2. The monoisotopic (exact) mass is 388 g/mol. The molecule has 1 amide bonds. The van der Waals surface area contributed by atoms with Gasteiger partial charge in [-0.15, -0.1) is 0 Å². The first kappa shape index (κ1) is 17.7. The van der Waals surface area contributed by atoms with Crippen molar-refractivity contribution in [2.24, 2.45) is 0 Å². The summed E-state index contributed by atoms with van der Waals surface area (Å²) in [5.41, 5.74) is 0.108. The van der Waals surface area contributed by atoms with Crippen LogP contribution in [0.15, 0.2) is 29.2 Å². The van der Waals surface area contributed by atoms with E-state index in [0.717, 1.165) is 32.1 Å². The van der Waals surface area contributed by atoms with Crippen molar-refractivity contribution in [1.82, 2.24) is 10.0 Å². The molecule has 130 valence electrons. The van der Waals surface area contributed by atoms with Crippen molar-refractivity contribution in [2.45, 2.75) is 49.1 Å². The average Bonchev–Trinajstić information content (AvgIpc) is 3.31. The quantitative estimate of drug-likeness (QED) is 0.759. The van der Waals surface area contributed by atoms with Crippen LogP contribution in [0.4, 0.5) is 0 Å². The van der Waals surface area contributed by atoms with E-state index < -0.39 is 15.9 Å². The molecule has 24 heavy (non-hydrogen) atoms. The number of halogens is 2. The summed E-state index contributed by atoms with van der Waals surface area (Å²) in [7, 11) is -3.77. The summed E-state index contributed by atoms with van der Waals surface area (Å²) in [5, 5.41) is 2.99. The molecule has 0 spiro atoms. The Morgan fingerprint density at radius 3 is 2.50 bits per heavy atom. The largest absolute Gasteiger partial charge is 0.346 e. The first-order chi connectivity index (χ1) is 11.4. The molecule has 5 nitrogen and oxygen atoms in total. The van der Waals surface area contributed by atoms with Crippen LogP contribution in [-0.4, -0.2) is 26.4 Å². The number of carbonyl (C=O) groups excluding carboxylic acids is 1. The first-order valence-corrected chi connectivity index (χ1v) is 10.1. The van der Waals surface area contributed by atoms with Crippen LogP contribution in [0.1, 0.15) is 42.5 Å². The Morgan fingerprint density at radius 1 is 1.12 bits per heavy atom. The second-order valence-corrected chi connectivity index (χ2v) is 8.59.